The molecule has 0 atom stereocenters. The molecule has 0 spiro atoms. The van der Waals surface area contributed by atoms with Gasteiger partial charge in [-0.1, -0.05) is 11.6 Å². The summed E-state index contributed by atoms with van der Waals surface area (Å²) in [4.78, 5) is 23.1. The number of ketones is 1. The number of halogens is 1. The summed E-state index contributed by atoms with van der Waals surface area (Å²) in [6, 6.07) is 7.08. The molecule has 0 radical (unpaired) electrons. The number of hydrogen-bond acceptors (Lipinski definition) is 2. The van der Waals surface area contributed by atoms with E-state index in [2.05, 4.69) is 0 Å². The molecule has 0 saturated heterocycles. The van der Waals surface area contributed by atoms with E-state index in [9.17, 15) is 9.59 Å². The van der Waals surface area contributed by atoms with E-state index in [4.69, 9.17) is 11.6 Å². The van der Waals surface area contributed by atoms with Crippen LogP contribution in [0.4, 0.5) is 0 Å². The van der Waals surface area contributed by atoms with Gasteiger partial charge in [0.2, 0.25) is 0 Å². The molecule has 0 aliphatic heterocycles. The van der Waals surface area contributed by atoms with Crippen LogP contribution in [0.5, 0.6) is 0 Å². The van der Waals surface area contributed by atoms with E-state index in [0.29, 0.717) is 10.6 Å². The van der Waals surface area contributed by atoms with Crippen LogP contribution in [0.3, 0.4) is 0 Å². The van der Waals surface area contributed by atoms with Crippen molar-refractivity contribution >= 4 is 28.3 Å². The van der Waals surface area contributed by atoms with Crippen LogP contribution < -0.4 is 5.56 Å². The molecule has 0 aliphatic carbocycles. The third kappa shape index (κ3) is 2.24. The summed E-state index contributed by atoms with van der Waals surface area (Å²) in [5.41, 5.74) is 1.19. The fourth-order valence-corrected chi connectivity index (χ4v) is 2.10. The Hall–Kier alpha value is -1.61. The molecule has 2 rings (SSSR count). The number of aryl methyl sites for hydroxylation is 1. The van der Waals surface area contributed by atoms with Gasteiger partial charge in [0.1, 0.15) is 5.78 Å². The Morgan fingerprint density at radius 3 is 2.71 bits per heavy atom. The van der Waals surface area contributed by atoms with Gasteiger partial charge in [-0.05, 0) is 31.2 Å². The lowest BCUT2D eigenvalue weighted by Gasteiger charge is -2.08. The molecule has 0 unspecified atom stereocenters. The Bertz CT molecular complexity index is 658. The maximum absolute atomic E-state index is 12.0. The summed E-state index contributed by atoms with van der Waals surface area (Å²) in [6.45, 7) is 1.47. The van der Waals surface area contributed by atoms with Gasteiger partial charge in [-0.25, -0.2) is 0 Å². The van der Waals surface area contributed by atoms with Crippen molar-refractivity contribution in [3.63, 3.8) is 0 Å². The summed E-state index contributed by atoms with van der Waals surface area (Å²) in [5.74, 6) is -0.0246. The number of aromatic nitrogens is 1. The fourth-order valence-electron chi connectivity index (χ4n) is 1.92. The molecule has 2 aromatic rings. The number of rotatable bonds is 2. The Morgan fingerprint density at radius 1 is 1.35 bits per heavy atom. The maximum Gasteiger partial charge on any atom is 0.254 e. The highest BCUT2D eigenvalue weighted by Crippen LogP contribution is 2.18. The number of pyridine rings is 1. The first-order chi connectivity index (χ1) is 7.99. The van der Waals surface area contributed by atoms with Crippen LogP contribution in [0.15, 0.2) is 29.1 Å². The van der Waals surface area contributed by atoms with Gasteiger partial charge >= 0.3 is 0 Å². The lowest BCUT2D eigenvalue weighted by atomic mass is 10.1. The number of fused-ring (bicyclic) bond motifs is 1. The third-order valence-corrected chi connectivity index (χ3v) is 2.93. The predicted octanol–water partition coefficient (Wildman–Crippen LogP) is 2.32. The molecule has 17 heavy (non-hydrogen) atoms. The molecule has 0 bridgehead atoms. The smallest absolute Gasteiger partial charge is 0.254 e. The largest absolute Gasteiger partial charge is 0.311 e. The van der Waals surface area contributed by atoms with E-state index in [0.717, 1.165) is 10.9 Å². The van der Waals surface area contributed by atoms with Crippen LogP contribution in [0.25, 0.3) is 10.9 Å². The Labute approximate surface area is 104 Å². The van der Waals surface area contributed by atoms with Gasteiger partial charge in [-0.15, -0.1) is 0 Å². The summed E-state index contributed by atoms with van der Waals surface area (Å²) in [7, 11) is 1.70. The molecule has 1 heterocycles. The number of carbonyl (C=O) groups is 1. The summed E-state index contributed by atoms with van der Waals surface area (Å²) in [6.07, 6.45) is 0.162. The van der Waals surface area contributed by atoms with Crippen molar-refractivity contribution in [3.8, 4) is 0 Å². The van der Waals surface area contributed by atoms with Crippen LogP contribution in [-0.4, -0.2) is 10.4 Å². The van der Waals surface area contributed by atoms with Gasteiger partial charge in [0.15, 0.2) is 0 Å². The van der Waals surface area contributed by atoms with Gasteiger partial charge < -0.3 is 4.57 Å². The number of carbonyl (C=O) groups excluding carboxylic acids is 1. The molecule has 4 heteroatoms. The van der Waals surface area contributed by atoms with E-state index >= 15 is 0 Å². The molecule has 0 fully saturated rings. The Morgan fingerprint density at radius 2 is 2.06 bits per heavy atom. The molecule has 88 valence electrons. The number of nitrogens with zero attached hydrogens (tertiary/aromatic N) is 1. The summed E-state index contributed by atoms with van der Waals surface area (Å²) < 4.78 is 1.55. The van der Waals surface area contributed by atoms with Crippen molar-refractivity contribution in [1.82, 2.24) is 4.57 Å². The average molecular weight is 250 g/mol. The lowest BCUT2D eigenvalue weighted by molar-refractivity contribution is -0.116. The van der Waals surface area contributed by atoms with E-state index in [1.807, 2.05) is 0 Å². The molecule has 0 N–H and O–H groups in total. The number of Topliss-reactive ketones (excluding diaryl/α,β-unsaturated/α-hetero) is 1. The molecule has 1 aromatic carbocycles. The first kappa shape index (κ1) is 11.9. The second-order valence-electron chi connectivity index (χ2n) is 4.12. The molecule has 0 aliphatic rings. The highest BCUT2D eigenvalue weighted by Gasteiger charge is 2.08. The number of benzene rings is 1. The van der Waals surface area contributed by atoms with Crippen LogP contribution in [0.1, 0.15) is 12.5 Å². The van der Waals surface area contributed by atoms with Crippen molar-refractivity contribution in [3.05, 3.63) is 45.2 Å². The van der Waals surface area contributed by atoms with Crippen LogP contribution in [0.2, 0.25) is 5.02 Å². The molecule has 0 amide bonds. The molecule has 3 nitrogen and oxygen atoms in total. The Kier molecular flexibility index (Phi) is 3.03. The normalized spacial score (nSPS) is 10.8. The van der Waals surface area contributed by atoms with Crippen LogP contribution in [0, 0.1) is 0 Å². The van der Waals surface area contributed by atoms with Gasteiger partial charge in [0.05, 0.1) is 5.52 Å². The molecule has 0 saturated carbocycles. The van der Waals surface area contributed by atoms with Gasteiger partial charge in [0, 0.05) is 29.4 Å². The zero-order chi connectivity index (χ0) is 12.6. The van der Waals surface area contributed by atoms with Crippen molar-refractivity contribution in [2.24, 2.45) is 7.05 Å². The van der Waals surface area contributed by atoms with Crippen LogP contribution >= 0.6 is 11.6 Å². The third-order valence-electron chi connectivity index (χ3n) is 2.70. The maximum atomic E-state index is 12.0. The summed E-state index contributed by atoms with van der Waals surface area (Å²) in [5, 5.41) is 1.49. The topological polar surface area (TPSA) is 39.1 Å². The first-order valence-electron chi connectivity index (χ1n) is 5.26. The zero-order valence-corrected chi connectivity index (χ0v) is 10.4. The van der Waals surface area contributed by atoms with Gasteiger partial charge in [0.25, 0.3) is 5.56 Å². The summed E-state index contributed by atoms with van der Waals surface area (Å²) >= 11 is 5.91. The highest BCUT2D eigenvalue weighted by atomic mass is 35.5. The average Bonchev–Trinajstić information content (AvgIpc) is 2.24. The monoisotopic (exact) mass is 249 g/mol. The van der Waals surface area contributed by atoms with Crippen LogP contribution in [-0.2, 0) is 18.3 Å². The van der Waals surface area contributed by atoms with Crippen molar-refractivity contribution in [1.29, 1.82) is 0 Å². The molecular formula is C13H12ClNO2. The second-order valence-corrected chi connectivity index (χ2v) is 4.55. The van der Waals surface area contributed by atoms with Crippen molar-refractivity contribution < 1.29 is 4.79 Å². The lowest BCUT2D eigenvalue weighted by Crippen LogP contribution is -2.22. The van der Waals surface area contributed by atoms with Gasteiger partial charge in [-0.3, -0.25) is 9.59 Å². The minimum absolute atomic E-state index is 0.0246. The Balaban J connectivity index is 2.75. The van der Waals surface area contributed by atoms with Crippen molar-refractivity contribution in [2.75, 3.05) is 0 Å². The van der Waals surface area contributed by atoms with Gasteiger partial charge in [-0.2, -0.15) is 0 Å². The minimum atomic E-state index is -0.130. The van der Waals surface area contributed by atoms with E-state index in [1.165, 1.54) is 6.92 Å². The second kappa shape index (κ2) is 4.34. The highest BCUT2D eigenvalue weighted by molar-refractivity contribution is 6.31. The zero-order valence-electron chi connectivity index (χ0n) is 9.66. The van der Waals surface area contributed by atoms with E-state index < -0.39 is 0 Å². The first-order valence-corrected chi connectivity index (χ1v) is 5.64. The predicted molar refractivity (Wildman–Crippen MR) is 68.6 cm³/mol. The number of hydrogen-bond donors (Lipinski definition) is 0. The van der Waals surface area contributed by atoms with E-state index in [-0.39, 0.29) is 17.8 Å². The van der Waals surface area contributed by atoms with Crippen molar-refractivity contribution in [2.45, 2.75) is 13.3 Å². The minimum Gasteiger partial charge on any atom is -0.311 e. The molecular weight excluding hydrogens is 238 g/mol. The standard InChI is InChI=1S/C13H12ClNO2/c1-8(16)5-10-6-9-7-11(14)3-4-12(9)15(2)13(10)17/h3-4,6-7H,5H2,1-2H3. The van der Waals surface area contributed by atoms with E-state index in [1.54, 1.807) is 35.9 Å². The fraction of sp³-hybridized carbons (Fsp3) is 0.231. The molecule has 1 aromatic heterocycles. The SMILES string of the molecule is CC(=O)Cc1cc2cc(Cl)ccc2n(C)c1=O. The quantitative estimate of drug-likeness (QED) is 0.819.